The Labute approximate surface area is 101 Å². The summed E-state index contributed by atoms with van der Waals surface area (Å²) in [5.41, 5.74) is 5.60. The molecule has 0 bridgehead atoms. The Morgan fingerprint density at radius 3 is 2.88 bits per heavy atom. The van der Waals surface area contributed by atoms with Gasteiger partial charge in [-0.3, -0.25) is 0 Å². The molecule has 2 rings (SSSR count). The summed E-state index contributed by atoms with van der Waals surface area (Å²) in [4.78, 5) is 10.7. The standard InChI is InChI=1S/C11H17ClN4/c12-10-6-14-11(15-7-10)16-5-1-2-9(8-16)3-4-13/h6-7,9H,1-5,8,13H2. The van der Waals surface area contributed by atoms with E-state index in [0.717, 1.165) is 32.0 Å². The molecule has 0 aliphatic carbocycles. The quantitative estimate of drug-likeness (QED) is 0.874. The molecular formula is C11H17ClN4. The van der Waals surface area contributed by atoms with Gasteiger partial charge in [-0.25, -0.2) is 9.97 Å². The van der Waals surface area contributed by atoms with E-state index in [9.17, 15) is 0 Å². The van der Waals surface area contributed by atoms with E-state index < -0.39 is 0 Å². The minimum Gasteiger partial charge on any atom is -0.341 e. The minimum absolute atomic E-state index is 0.583. The van der Waals surface area contributed by atoms with E-state index in [1.165, 1.54) is 12.8 Å². The van der Waals surface area contributed by atoms with Crippen molar-refractivity contribution < 1.29 is 0 Å². The highest BCUT2D eigenvalue weighted by atomic mass is 35.5. The fourth-order valence-electron chi connectivity index (χ4n) is 2.19. The molecule has 0 aromatic carbocycles. The maximum absolute atomic E-state index is 5.77. The van der Waals surface area contributed by atoms with Crippen molar-refractivity contribution >= 4 is 17.5 Å². The number of halogens is 1. The fourth-order valence-corrected chi connectivity index (χ4v) is 2.28. The molecule has 0 amide bonds. The Balaban J connectivity index is 2.01. The first kappa shape index (κ1) is 11.6. The van der Waals surface area contributed by atoms with Gasteiger partial charge >= 0.3 is 0 Å². The van der Waals surface area contributed by atoms with Gasteiger partial charge in [0.05, 0.1) is 17.4 Å². The van der Waals surface area contributed by atoms with Crippen molar-refractivity contribution in [2.75, 3.05) is 24.5 Å². The van der Waals surface area contributed by atoms with Crippen LogP contribution in [0.3, 0.4) is 0 Å². The van der Waals surface area contributed by atoms with Gasteiger partial charge in [-0.15, -0.1) is 0 Å². The van der Waals surface area contributed by atoms with Gasteiger partial charge in [-0.1, -0.05) is 11.6 Å². The summed E-state index contributed by atoms with van der Waals surface area (Å²) in [6.45, 7) is 2.81. The summed E-state index contributed by atoms with van der Waals surface area (Å²) in [7, 11) is 0. The van der Waals surface area contributed by atoms with Gasteiger partial charge in [0.25, 0.3) is 0 Å². The second-order valence-electron chi connectivity index (χ2n) is 4.23. The molecule has 88 valence electrons. The highest BCUT2D eigenvalue weighted by Gasteiger charge is 2.20. The third-order valence-electron chi connectivity index (χ3n) is 2.98. The van der Waals surface area contributed by atoms with Crippen LogP contribution in [-0.2, 0) is 0 Å². The fraction of sp³-hybridized carbons (Fsp3) is 0.636. The Morgan fingerprint density at radius 1 is 1.44 bits per heavy atom. The molecule has 16 heavy (non-hydrogen) atoms. The molecule has 1 saturated heterocycles. The number of hydrogen-bond donors (Lipinski definition) is 1. The molecule has 4 nitrogen and oxygen atoms in total. The van der Waals surface area contributed by atoms with Crippen LogP contribution in [0.25, 0.3) is 0 Å². The minimum atomic E-state index is 0.583. The average molecular weight is 241 g/mol. The van der Waals surface area contributed by atoms with Gasteiger partial charge in [-0.2, -0.15) is 0 Å². The van der Waals surface area contributed by atoms with Crippen molar-refractivity contribution in [1.29, 1.82) is 0 Å². The summed E-state index contributed by atoms with van der Waals surface area (Å²) in [5.74, 6) is 1.46. The van der Waals surface area contributed by atoms with Crippen LogP contribution in [0.4, 0.5) is 5.95 Å². The second-order valence-corrected chi connectivity index (χ2v) is 4.67. The van der Waals surface area contributed by atoms with Gasteiger partial charge in [0.1, 0.15) is 0 Å². The van der Waals surface area contributed by atoms with Crippen LogP contribution < -0.4 is 10.6 Å². The molecule has 1 aromatic rings. The largest absolute Gasteiger partial charge is 0.341 e. The highest BCUT2D eigenvalue weighted by molar-refractivity contribution is 6.30. The van der Waals surface area contributed by atoms with E-state index in [2.05, 4.69) is 14.9 Å². The van der Waals surface area contributed by atoms with Crippen LogP contribution in [0.1, 0.15) is 19.3 Å². The van der Waals surface area contributed by atoms with E-state index in [0.29, 0.717) is 10.9 Å². The molecule has 0 spiro atoms. The van der Waals surface area contributed by atoms with Gasteiger partial charge in [0, 0.05) is 13.1 Å². The molecule has 1 atom stereocenters. The van der Waals surface area contributed by atoms with Crippen LogP contribution in [0.5, 0.6) is 0 Å². The lowest BCUT2D eigenvalue weighted by molar-refractivity contribution is 0.392. The lowest BCUT2D eigenvalue weighted by Crippen LogP contribution is -2.37. The first-order valence-electron chi connectivity index (χ1n) is 5.72. The normalized spacial score (nSPS) is 21.1. The number of nitrogens with two attached hydrogens (primary N) is 1. The first-order chi connectivity index (χ1) is 7.79. The van der Waals surface area contributed by atoms with Crippen LogP contribution in [-0.4, -0.2) is 29.6 Å². The molecule has 0 radical (unpaired) electrons. The SMILES string of the molecule is NCCC1CCCN(c2ncc(Cl)cn2)C1. The summed E-state index contributed by atoms with van der Waals surface area (Å²) in [6, 6.07) is 0. The Bertz CT molecular complexity index is 325. The highest BCUT2D eigenvalue weighted by Crippen LogP contribution is 2.22. The molecular weight excluding hydrogens is 224 g/mol. The molecule has 1 fully saturated rings. The molecule has 2 N–H and O–H groups in total. The van der Waals surface area contributed by atoms with E-state index in [1.807, 2.05) is 0 Å². The number of rotatable bonds is 3. The van der Waals surface area contributed by atoms with E-state index in [4.69, 9.17) is 17.3 Å². The van der Waals surface area contributed by atoms with Gasteiger partial charge in [0.2, 0.25) is 5.95 Å². The van der Waals surface area contributed by atoms with Crippen molar-refractivity contribution in [3.63, 3.8) is 0 Å². The second kappa shape index (κ2) is 5.46. The lowest BCUT2D eigenvalue weighted by atomic mass is 9.95. The Morgan fingerprint density at radius 2 is 2.19 bits per heavy atom. The Kier molecular flexibility index (Phi) is 3.96. The first-order valence-corrected chi connectivity index (χ1v) is 6.10. The van der Waals surface area contributed by atoms with E-state index in [1.54, 1.807) is 12.4 Å². The predicted molar refractivity (Wildman–Crippen MR) is 65.7 cm³/mol. The number of aromatic nitrogens is 2. The summed E-state index contributed by atoms with van der Waals surface area (Å²) in [6.07, 6.45) is 6.84. The zero-order chi connectivity index (χ0) is 11.4. The van der Waals surface area contributed by atoms with Gasteiger partial charge < -0.3 is 10.6 Å². The molecule has 5 heteroatoms. The van der Waals surface area contributed by atoms with E-state index >= 15 is 0 Å². The molecule has 1 aromatic heterocycles. The topological polar surface area (TPSA) is 55.0 Å². The van der Waals surface area contributed by atoms with Crippen molar-refractivity contribution in [2.24, 2.45) is 11.7 Å². The van der Waals surface area contributed by atoms with Crippen LogP contribution in [0.2, 0.25) is 5.02 Å². The van der Waals surface area contributed by atoms with Crippen molar-refractivity contribution in [3.05, 3.63) is 17.4 Å². The third kappa shape index (κ3) is 2.83. The van der Waals surface area contributed by atoms with Gasteiger partial charge in [-0.05, 0) is 31.7 Å². The van der Waals surface area contributed by atoms with Crippen LogP contribution in [0.15, 0.2) is 12.4 Å². The summed E-state index contributed by atoms with van der Waals surface area (Å²) in [5, 5.41) is 0.583. The molecule has 0 saturated carbocycles. The maximum Gasteiger partial charge on any atom is 0.225 e. The summed E-state index contributed by atoms with van der Waals surface area (Å²) < 4.78 is 0. The molecule has 2 heterocycles. The maximum atomic E-state index is 5.77. The van der Waals surface area contributed by atoms with Crippen molar-refractivity contribution in [1.82, 2.24) is 9.97 Å². The zero-order valence-corrected chi connectivity index (χ0v) is 10.0. The van der Waals surface area contributed by atoms with E-state index in [-0.39, 0.29) is 0 Å². The average Bonchev–Trinajstić information content (AvgIpc) is 2.31. The summed E-state index contributed by atoms with van der Waals surface area (Å²) >= 11 is 5.77. The van der Waals surface area contributed by atoms with Crippen LogP contribution in [0, 0.1) is 5.92 Å². The molecule has 1 unspecified atom stereocenters. The molecule has 1 aliphatic heterocycles. The molecule has 1 aliphatic rings. The Hall–Kier alpha value is -0.870. The van der Waals surface area contributed by atoms with Crippen molar-refractivity contribution in [2.45, 2.75) is 19.3 Å². The number of anilines is 1. The predicted octanol–water partition coefficient (Wildman–Crippen LogP) is 1.70. The van der Waals surface area contributed by atoms with Crippen molar-refractivity contribution in [3.8, 4) is 0 Å². The van der Waals surface area contributed by atoms with Gasteiger partial charge in [0.15, 0.2) is 0 Å². The van der Waals surface area contributed by atoms with Crippen LogP contribution >= 0.6 is 11.6 Å². The number of nitrogens with zero attached hydrogens (tertiary/aromatic N) is 3. The number of piperidine rings is 1. The smallest absolute Gasteiger partial charge is 0.225 e. The number of hydrogen-bond acceptors (Lipinski definition) is 4. The third-order valence-corrected chi connectivity index (χ3v) is 3.18. The lowest BCUT2D eigenvalue weighted by Gasteiger charge is -2.32. The zero-order valence-electron chi connectivity index (χ0n) is 9.27. The monoisotopic (exact) mass is 240 g/mol.